The lowest BCUT2D eigenvalue weighted by molar-refractivity contribution is 0.0789. The fourth-order valence-electron chi connectivity index (χ4n) is 2.43. The van der Waals surface area contributed by atoms with Gasteiger partial charge in [-0.25, -0.2) is 0 Å². The predicted octanol–water partition coefficient (Wildman–Crippen LogP) is 3.04. The molecule has 0 bridgehead atoms. The molecule has 1 N–H and O–H groups in total. The molecule has 3 rings (SSSR count). The van der Waals surface area contributed by atoms with Gasteiger partial charge in [-0.3, -0.25) is 4.79 Å². The van der Waals surface area contributed by atoms with Gasteiger partial charge in [-0.2, -0.15) is 0 Å². The molecular weight excluding hydrogens is 306 g/mol. The molecule has 5 nitrogen and oxygen atoms in total. The predicted molar refractivity (Wildman–Crippen MR) is 90.9 cm³/mol. The largest absolute Gasteiger partial charge is 0.491 e. The van der Waals surface area contributed by atoms with Crippen LogP contribution in [0.15, 0.2) is 48.5 Å². The summed E-state index contributed by atoms with van der Waals surface area (Å²) in [6.07, 6.45) is -0.0941. The fourth-order valence-corrected chi connectivity index (χ4v) is 2.43. The molecule has 1 aliphatic rings. The maximum Gasteiger partial charge on any atom is 0.251 e. The second-order valence-electron chi connectivity index (χ2n) is 5.90. The van der Waals surface area contributed by atoms with Crippen LogP contribution in [0.1, 0.15) is 24.2 Å². The fraction of sp³-hybridized carbons (Fsp3) is 0.316. The van der Waals surface area contributed by atoms with Crippen LogP contribution in [-0.4, -0.2) is 31.3 Å². The molecule has 0 fully saturated rings. The molecule has 1 amide bonds. The number of hydrogen-bond donors (Lipinski definition) is 1. The summed E-state index contributed by atoms with van der Waals surface area (Å²) >= 11 is 0. The lowest BCUT2D eigenvalue weighted by Gasteiger charge is -2.26. The van der Waals surface area contributed by atoms with Crippen molar-refractivity contribution >= 4 is 5.91 Å². The Hall–Kier alpha value is -2.69. The van der Waals surface area contributed by atoms with E-state index in [0.717, 1.165) is 11.5 Å². The molecule has 0 radical (unpaired) electrons. The van der Waals surface area contributed by atoms with Crippen LogP contribution >= 0.6 is 0 Å². The number of benzene rings is 2. The van der Waals surface area contributed by atoms with Gasteiger partial charge in [0.25, 0.3) is 5.91 Å². The first kappa shape index (κ1) is 16.2. The average molecular weight is 327 g/mol. The quantitative estimate of drug-likeness (QED) is 0.917. The molecule has 2 aromatic rings. The number of rotatable bonds is 5. The minimum atomic E-state index is -0.201. The summed E-state index contributed by atoms with van der Waals surface area (Å²) < 4.78 is 17.0. The highest BCUT2D eigenvalue weighted by molar-refractivity contribution is 5.94. The first-order valence-electron chi connectivity index (χ1n) is 8.05. The summed E-state index contributed by atoms with van der Waals surface area (Å²) in [7, 11) is 0. The Morgan fingerprint density at radius 2 is 1.88 bits per heavy atom. The first-order chi connectivity index (χ1) is 11.6. The number of ether oxygens (including phenoxy) is 3. The van der Waals surface area contributed by atoms with E-state index in [1.807, 2.05) is 38.1 Å². The van der Waals surface area contributed by atoms with Crippen LogP contribution in [0.3, 0.4) is 0 Å². The molecule has 0 aliphatic carbocycles. The first-order valence-corrected chi connectivity index (χ1v) is 8.05. The van der Waals surface area contributed by atoms with Crippen LogP contribution in [0, 0.1) is 0 Å². The molecule has 126 valence electrons. The van der Waals surface area contributed by atoms with Gasteiger partial charge in [0.15, 0.2) is 11.5 Å². The lowest BCUT2D eigenvalue weighted by atomic mass is 10.2. The van der Waals surface area contributed by atoms with E-state index in [4.69, 9.17) is 14.2 Å². The van der Waals surface area contributed by atoms with E-state index in [1.54, 1.807) is 24.3 Å². The smallest absolute Gasteiger partial charge is 0.251 e. The second kappa shape index (κ2) is 7.25. The van der Waals surface area contributed by atoms with Crippen molar-refractivity contribution in [3.8, 4) is 17.2 Å². The highest BCUT2D eigenvalue weighted by atomic mass is 16.6. The molecule has 5 heteroatoms. The van der Waals surface area contributed by atoms with Crippen LogP contribution in [0.25, 0.3) is 0 Å². The third-order valence-corrected chi connectivity index (χ3v) is 3.55. The van der Waals surface area contributed by atoms with Crippen molar-refractivity contribution in [3.63, 3.8) is 0 Å². The maximum absolute atomic E-state index is 12.2. The number of hydrogen-bond acceptors (Lipinski definition) is 4. The van der Waals surface area contributed by atoms with Crippen molar-refractivity contribution in [2.24, 2.45) is 0 Å². The standard InChI is InChI=1S/C19H21NO4/c1-13(2)23-15-9-7-14(8-10-15)19(21)20-11-16-12-22-17-5-3-4-6-18(17)24-16/h3-10,13,16H,11-12H2,1-2H3,(H,20,21)/t16-/m0/s1. The third-order valence-electron chi connectivity index (χ3n) is 3.55. The van der Waals surface area contributed by atoms with Gasteiger partial charge in [0.2, 0.25) is 0 Å². The Morgan fingerprint density at radius 1 is 1.17 bits per heavy atom. The van der Waals surface area contributed by atoms with Crippen molar-refractivity contribution in [3.05, 3.63) is 54.1 Å². The Labute approximate surface area is 141 Å². The number of carbonyl (C=O) groups is 1. The van der Waals surface area contributed by atoms with Gasteiger partial charge < -0.3 is 19.5 Å². The topological polar surface area (TPSA) is 56.8 Å². The SMILES string of the molecule is CC(C)Oc1ccc(C(=O)NC[C@H]2COc3ccccc3O2)cc1. The summed E-state index contributed by atoms with van der Waals surface area (Å²) in [6, 6.07) is 14.6. The third kappa shape index (κ3) is 3.98. The Bertz CT molecular complexity index is 697. The molecule has 0 spiro atoms. The molecule has 0 aromatic heterocycles. The van der Waals surface area contributed by atoms with E-state index < -0.39 is 0 Å². The van der Waals surface area contributed by atoms with Crippen LogP contribution < -0.4 is 19.5 Å². The summed E-state index contributed by atoms with van der Waals surface area (Å²) in [5, 5.41) is 2.87. The van der Waals surface area contributed by atoms with E-state index >= 15 is 0 Å². The Kier molecular flexibility index (Phi) is 4.89. The number of amides is 1. The Balaban J connectivity index is 1.52. The van der Waals surface area contributed by atoms with E-state index in [1.165, 1.54) is 0 Å². The van der Waals surface area contributed by atoms with Gasteiger partial charge in [0.05, 0.1) is 12.6 Å². The van der Waals surface area contributed by atoms with E-state index in [2.05, 4.69) is 5.32 Å². The minimum Gasteiger partial charge on any atom is -0.491 e. The Morgan fingerprint density at radius 3 is 2.58 bits per heavy atom. The van der Waals surface area contributed by atoms with Gasteiger partial charge in [0, 0.05) is 5.56 Å². The van der Waals surface area contributed by atoms with Gasteiger partial charge in [-0.15, -0.1) is 0 Å². The van der Waals surface area contributed by atoms with E-state index in [9.17, 15) is 4.79 Å². The van der Waals surface area contributed by atoms with Crippen molar-refractivity contribution in [2.75, 3.05) is 13.2 Å². The minimum absolute atomic E-state index is 0.107. The zero-order valence-corrected chi connectivity index (χ0v) is 13.8. The van der Waals surface area contributed by atoms with Crippen molar-refractivity contribution < 1.29 is 19.0 Å². The number of para-hydroxylation sites is 2. The zero-order valence-electron chi connectivity index (χ0n) is 13.8. The van der Waals surface area contributed by atoms with Gasteiger partial charge >= 0.3 is 0 Å². The van der Waals surface area contributed by atoms with Gasteiger partial charge in [0.1, 0.15) is 18.5 Å². The number of fused-ring (bicyclic) bond motifs is 1. The molecule has 0 saturated heterocycles. The monoisotopic (exact) mass is 327 g/mol. The number of nitrogens with one attached hydrogen (secondary N) is 1. The molecule has 1 aliphatic heterocycles. The molecule has 1 atom stereocenters. The maximum atomic E-state index is 12.2. The normalized spacial score (nSPS) is 15.9. The molecule has 0 saturated carbocycles. The molecule has 1 heterocycles. The highest BCUT2D eigenvalue weighted by Gasteiger charge is 2.21. The molecule has 24 heavy (non-hydrogen) atoms. The highest BCUT2D eigenvalue weighted by Crippen LogP contribution is 2.30. The van der Waals surface area contributed by atoms with E-state index in [0.29, 0.717) is 24.5 Å². The van der Waals surface area contributed by atoms with Crippen LogP contribution in [0.4, 0.5) is 0 Å². The summed E-state index contributed by atoms with van der Waals surface area (Å²) in [5.74, 6) is 2.05. The lowest BCUT2D eigenvalue weighted by Crippen LogP contribution is -2.40. The summed E-state index contributed by atoms with van der Waals surface area (Å²) in [4.78, 5) is 12.2. The van der Waals surface area contributed by atoms with Crippen LogP contribution in [-0.2, 0) is 0 Å². The van der Waals surface area contributed by atoms with Crippen molar-refractivity contribution in [1.82, 2.24) is 5.32 Å². The van der Waals surface area contributed by atoms with Crippen molar-refractivity contribution in [2.45, 2.75) is 26.1 Å². The number of carbonyl (C=O) groups excluding carboxylic acids is 1. The summed E-state index contributed by atoms with van der Waals surface area (Å²) in [6.45, 7) is 4.73. The van der Waals surface area contributed by atoms with Crippen molar-refractivity contribution in [1.29, 1.82) is 0 Å². The van der Waals surface area contributed by atoms with Crippen LogP contribution in [0.5, 0.6) is 17.2 Å². The zero-order chi connectivity index (χ0) is 16.9. The second-order valence-corrected chi connectivity index (χ2v) is 5.90. The van der Waals surface area contributed by atoms with Gasteiger partial charge in [-0.1, -0.05) is 12.1 Å². The van der Waals surface area contributed by atoms with Crippen LogP contribution in [0.2, 0.25) is 0 Å². The molecular formula is C19H21NO4. The molecule has 2 aromatic carbocycles. The van der Waals surface area contributed by atoms with E-state index in [-0.39, 0.29) is 18.1 Å². The van der Waals surface area contributed by atoms with Gasteiger partial charge in [-0.05, 0) is 50.2 Å². The average Bonchev–Trinajstić information content (AvgIpc) is 2.59. The molecule has 0 unspecified atom stereocenters. The summed E-state index contributed by atoms with van der Waals surface area (Å²) in [5.41, 5.74) is 0.586.